The van der Waals surface area contributed by atoms with Gasteiger partial charge in [0, 0.05) is 11.8 Å². The van der Waals surface area contributed by atoms with Crippen molar-refractivity contribution in [2.45, 2.75) is 219 Å². The van der Waals surface area contributed by atoms with Gasteiger partial charge < -0.3 is 14.2 Å². The van der Waals surface area contributed by atoms with Crippen molar-refractivity contribution in [3.8, 4) is 0 Å². The molecule has 0 aromatic rings. The molecule has 0 aromatic carbocycles. The van der Waals surface area contributed by atoms with E-state index in [2.05, 4.69) is 38.2 Å². The van der Waals surface area contributed by atoms with E-state index in [1.807, 2.05) is 0 Å². The number of alkyl halides is 2. The van der Waals surface area contributed by atoms with Crippen LogP contribution in [-0.4, -0.2) is 37.6 Å². The Morgan fingerprint density at radius 1 is 0.383 bits per heavy atom. The number of allylic oxidation sites excluding steroid dienone is 4. The maximum absolute atomic E-state index is 6.20. The molecule has 0 aliphatic heterocycles. The lowest BCUT2D eigenvalue weighted by molar-refractivity contribution is -0.167. The fourth-order valence-corrected chi connectivity index (χ4v) is 6.44. The van der Waals surface area contributed by atoms with E-state index in [0.717, 1.165) is 50.3 Å². The van der Waals surface area contributed by atoms with Crippen molar-refractivity contribution in [3.63, 3.8) is 0 Å². The van der Waals surface area contributed by atoms with Crippen LogP contribution in [0.3, 0.4) is 0 Å². The third-order valence-electron chi connectivity index (χ3n) is 9.19. The summed E-state index contributed by atoms with van der Waals surface area (Å²) in [5.41, 5.74) is 0. The average molecular weight is 704 g/mol. The predicted molar refractivity (Wildman–Crippen MR) is 210 cm³/mol. The fourth-order valence-electron chi connectivity index (χ4n) is 6.06. The predicted octanol–water partition coefficient (Wildman–Crippen LogP) is 15.0. The SMILES string of the molecule is CCCCCC(CCC=CCCCCCCCCCCCl)OCOCOC(CCC=CCCCCCCCCCCCl)CCCCC. The van der Waals surface area contributed by atoms with Gasteiger partial charge in [-0.05, 0) is 77.0 Å². The number of unbranched alkanes of at least 4 members (excludes halogenated alkanes) is 20. The van der Waals surface area contributed by atoms with Crippen LogP contribution in [0.4, 0.5) is 0 Å². The molecule has 5 heteroatoms. The lowest BCUT2D eigenvalue weighted by Crippen LogP contribution is -2.19. The molecule has 280 valence electrons. The molecule has 2 unspecified atom stereocenters. The van der Waals surface area contributed by atoms with E-state index < -0.39 is 0 Å². The number of hydrogen-bond acceptors (Lipinski definition) is 3. The lowest BCUT2D eigenvalue weighted by Gasteiger charge is -2.19. The second-order valence-corrected chi connectivity index (χ2v) is 14.5. The highest BCUT2D eigenvalue weighted by Crippen LogP contribution is 2.16. The number of halogens is 2. The van der Waals surface area contributed by atoms with Gasteiger partial charge >= 0.3 is 0 Å². The van der Waals surface area contributed by atoms with Crippen LogP contribution in [0.1, 0.15) is 206 Å². The molecule has 0 radical (unpaired) electrons. The molecule has 0 rings (SSSR count). The topological polar surface area (TPSA) is 27.7 Å². The Kier molecular flexibility index (Phi) is 42.1. The lowest BCUT2D eigenvalue weighted by atomic mass is 10.1. The monoisotopic (exact) mass is 703 g/mol. The van der Waals surface area contributed by atoms with E-state index >= 15 is 0 Å². The molecule has 0 spiro atoms. The van der Waals surface area contributed by atoms with Crippen molar-refractivity contribution in [2.75, 3.05) is 25.3 Å². The highest BCUT2D eigenvalue weighted by atomic mass is 35.5. The summed E-state index contributed by atoms with van der Waals surface area (Å²) in [5, 5.41) is 0. The van der Waals surface area contributed by atoms with Crippen LogP contribution in [0.5, 0.6) is 0 Å². The van der Waals surface area contributed by atoms with Crippen LogP contribution in [0, 0.1) is 0 Å². The van der Waals surface area contributed by atoms with Crippen LogP contribution >= 0.6 is 23.2 Å². The zero-order chi connectivity index (χ0) is 34.1. The van der Waals surface area contributed by atoms with Crippen LogP contribution in [0.15, 0.2) is 24.3 Å². The number of ether oxygens (including phenoxy) is 3. The summed E-state index contributed by atoms with van der Waals surface area (Å²) < 4.78 is 18.3. The normalized spacial score (nSPS) is 13.4. The highest BCUT2D eigenvalue weighted by molar-refractivity contribution is 6.18. The van der Waals surface area contributed by atoms with E-state index in [0.29, 0.717) is 13.6 Å². The molecule has 0 fully saturated rings. The van der Waals surface area contributed by atoms with Gasteiger partial charge in [-0.3, -0.25) is 0 Å². The smallest absolute Gasteiger partial charge is 0.149 e. The largest absolute Gasteiger partial charge is 0.352 e. The second-order valence-electron chi connectivity index (χ2n) is 13.7. The molecule has 3 nitrogen and oxygen atoms in total. The molecule has 0 aliphatic rings. The van der Waals surface area contributed by atoms with E-state index in [1.54, 1.807) is 0 Å². The first-order valence-corrected chi connectivity index (χ1v) is 21.6. The summed E-state index contributed by atoms with van der Waals surface area (Å²) in [6, 6.07) is 0. The minimum Gasteiger partial charge on any atom is -0.352 e. The molecule has 2 atom stereocenters. The zero-order valence-corrected chi connectivity index (χ0v) is 33.0. The van der Waals surface area contributed by atoms with E-state index in [9.17, 15) is 0 Å². The summed E-state index contributed by atoms with van der Waals surface area (Å²) in [6.45, 7) is 5.20. The maximum Gasteiger partial charge on any atom is 0.149 e. The molecule has 0 bridgehead atoms. The molecule has 0 heterocycles. The Balaban J connectivity index is 4.12. The summed E-state index contributed by atoms with van der Waals surface area (Å²) in [4.78, 5) is 0. The number of hydrogen-bond donors (Lipinski definition) is 0. The molecule has 0 saturated carbocycles. The van der Waals surface area contributed by atoms with Gasteiger partial charge in [0.15, 0.2) is 0 Å². The Bertz CT molecular complexity index is 575. The zero-order valence-electron chi connectivity index (χ0n) is 31.5. The minimum atomic E-state index is 0.275. The molecule has 0 aliphatic carbocycles. The fraction of sp³-hybridized carbons (Fsp3) is 0.905. The van der Waals surface area contributed by atoms with Crippen LogP contribution in [0.25, 0.3) is 0 Å². The summed E-state index contributed by atoms with van der Waals surface area (Å²) in [7, 11) is 0. The summed E-state index contributed by atoms with van der Waals surface area (Å²) in [6.07, 6.45) is 47.8. The molecular weight excluding hydrogens is 623 g/mol. The maximum atomic E-state index is 6.20. The van der Waals surface area contributed by atoms with Crippen molar-refractivity contribution >= 4 is 23.2 Å². The molecule has 0 saturated heterocycles. The molecular formula is C42H80Cl2O3. The van der Waals surface area contributed by atoms with E-state index in [-0.39, 0.29) is 12.2 Å². The van der Waals surface area contributed by atoms with Crippen molar-refractivity contribution in [2.24, 2.45) is 0 Å². The quantitative estimate of drug-likeness (QED) is 0.0275. The Hall–Kier alpha value is -0.0600. The van der Waals surface area contributed by atoms with Crippen molar-refractivity contribution < 1.29 is 14.2 Å². The second kappa shape index (κ2) is 42.1. The van der Waals surface area contributed by atoms with Gasteiger partial charge in [0.2, 0.25) is 0 Å². The molecule has 0 amide bonds. The van der Waals surface area contributed by atoms with E-state index in [4.69, 9.17) is 37.4 Å². The summed E-state index contributed by atoms with van der Waals surface area (Å²) in [5.74, 6) is 1.63. The highest BCUT2D eigenvalue weighted by Gasteiger charge is 2.11. The van der Waals surface area contributed by atoms with Gasteiger partial charge in [0.1, 0.15) is 13.6 Å². The molecule has 0 N–H and O–H groups in total. The Morgan fingerprint density at radius 2 is 0.723 bits per heavy atom. The van der Waals surface area contributed by atoms with Crippen LogP contribution < -0.4 is 0 Å². The number of rotatable bonds is 40. The first-order valence-electron chi connectivity index (χ1n) is 20.5. The van der Waals surface area contributed by atoms with Gasteiger partial charge in [-0.1, -0.05) is 154 Å². The van der Waals surface area contributed by atoms with Crippen molar-refractivity contribution in [3.05, 3.63) is 24.3 Å². The van der Waals surface area contributed by atoms with E-state index in [1.165, 1.54) is 154 Å². The molecule has 0 aromatic heterocycles. The van der Waals surface area contributed by atoms with Crippen molar-refractivity contribution in [1.82, 2.24) is 0 Å². The molecule has 47 heavy (non-hydrogen) atoms. The van der Waals surface area contributed by atoms with Gasteiger partial charge in [-0.15, -0.1) is 23.2 Å². The Morgan fingerprint density at radius 3 is 1.09 bits per heavy atom. The standard InChI is InChI=1S/C42H80Cl2O3/c1-3-5-27-33-41(35-29-23-19-15-11-7-9-13-17-21-25-31-37-43)46-39-45-40-47-42(34-28-6-4-2)36-30-24-20-16-12-8-10-14-18-22-26-32-38-44/h19-20,23-24,41-42H,3-18,21-22,25-40H2,1-2H3. The van der Waals surface area contributed by atoms with Gasteiger partial charge in [0.25, 0.3) is 0 Å². The third kappa shape index (κ3) is 38.6. The van der Waals surface area contributed by atoms with Crippen molar-refractivity contribution in [1.29, 1.82) is 0 Å². The first kappa shape index (κ1) is 46.9. The van der Waals surface area contributed by atoms with Crippen LogP contribution in [-0.2, 0) is 14.2 Å². The van der Waals surface area contributed by atoms with Gasteiger partial charge in [0.05, 0.1) is 12.2 Å². The van der Waals surface area contributed by atoms with Gasteiger partial charge in [-0.25, -0.2) is 0 Å². The Labute approximate surface area is 304 Å². The summed E-state index contributed by atoms with van der Waals surface area (Å²) >= 11 is 11.5. The van der Waals surface area contributed by atoms with Crippen LogP contribution in [0.2, 0.25) is 0 Å². The average Bonchev–Trinajstić information content (AvgIpc) is 3.08. The first-order chi connectivity index (χ1) is 23.3. The minimum absolute atomic E-state index is 0.275. The van der Waals surface area contributed by atoms with Gasteiger partial charge in [-0.2, -0.15) is 0 Å². The third-order valence-corrected chi connectivity index (χ3v) is 9.72.